The summed E-state index contributed by atoms with van der Waals surface area (Å²) in [6.07, 6.45) is 7.92. The predicted molar refractivity (Wildman–Crippen MR) is 144 cm³/mol. The van der Waals surface area contributed by atoms with Crippen LogP contribution in [0, 0.1) is 0 Å². The van der Waals surface area contributed by atoms with Gasteiger partial charge < -0.3 is 10.2 Å². The summed E-state index contributed by atoms with van der Waals surface area (Å²) in [6.45, 7) is 6.85. The van der Waals surface area contributed by atoms with Gasteiger partial charge in [0.25, 0.3) is 5.56 Å². The van der Waals surface area contributed by atoms with E-state index in [0.29, 0.717) is 28.6 Å². The molecular formula is C28H32FN7O. The number of nitrogens with zero attached hydrogens (tertiary/aromatic N) is 6. The Balaban J connectivity index is 1.55. The zero-order valence-electron chi connectivity index (χ0n) is 21.7. The summed E-state index contributed by atoms with van der Waals surface area (Å²) in [7, 11) is 4.27. The van der Waals surface area contributed by atoms with Crippen LogP contribution in [0.15, 0.2) is 60.2 Å². The van der Waals surface area contributed by atoms with Gasteiger partial charge in [-0.25, -0.2) is 28.7 Å². The highest BCUT2D eigenvalue weighted by molar-refractivity contribution is 5.82. The Kier molecular flexibility index (Phi) is 6.41. The molecule has 9 heteroatoms. The molecule has 0 saturated heterocycles. The second-order valence-electron chi connectivity index (χ2n) is 10.3. The molecule has 0 aliphatic heterocycles. The molecule has 1 unspecified atom stereocenters. The molecule has 0 fully saturated rings. The molecule has 0 saturated carbocycles. The van der Waals surface area contributed by atoms with Crippen LogP contribution in [-0.4, -0.2) is 49.4 Å². The van der Waals surface area contributed by atoms with E-state index >= 15 is 0 Å². The molecule has 1 N–H and O–H groups in total. The molecule has 5 rings (SSSR count). The first-order valence-corrected chi connectivity index (χ1v) is 12.5. The topological polar surface area (TPSA) is 80.9 Å². The van der Waals surface area contributed by atoms with Crippen LogP contribution in [0.2, 0.25) is 0 Å². The summed E-state index contributed by atoms with van der Waals surface area (Å²) in [5.41, 5.74) is 2.33. The van der Waals surface area contributed by atoms with Crippen molar-refractivity contribution in [2.45, 2.75) is 51.4 Å². The summed E-state index contributed by atoms with van der Waals surface area (Å²) in [5.74, 6) is 1.03. The number of nitrogens with one attached hydrogen (secondary N) is 1. The number of aryl methyl sites for hydroxylation is 1. The second kappa shape index (κ2) is 9.55. The van der Waals surface area contributed by atoms with Crippen LogP contribution in [0.5, 0.6) is 0 Å². The quantitative estimate of drug-likeness (QED) is 0.375. The number of alkyl halides is 1. The Morgan fingerprint density at radius 1 is 1.22 bits per heavy atom. The number of hydrogen-bond acceptors (Lipinski definition) is 6. The standard InChI is InChI=1S/C28H32FN7O/c1-6-13-35-26(37)22-17-31-24(16-23(22)36(35)25-11-12-30-27(33-25)28(2,3)29)32-20-9-7-19-15-21(34(4)5)10-8-18(19)14-20/h6-7,9,11-12,14,16-17,21H,1,8,10,13,15H2,2-5H3,(H,31,32). The van der Waals surface area contributed by atoms with Crippen LogP contribution >= 0.6 is 0 Å². The third kappa shape index (κ3) is 4.79. The molecule has 37 heavy (non-hydrogen) atoms. The number of aromatic nitrogens is 5. The summed E-state index contributed by atoms with van der Waals surface area (Å²) < 4.78 is 17.8. The van der Waals surface area contributed by atoms with Crippen LogP contribution in [-0.2, 0) is 25.1 Å². The number of halogens is 1. The molecule has 0 radical (unpaired) electrons. The van der Waals surface area contributed by atoms with Gasteiger partial charge in [0.15, 0.2) is 17.3 Å². The molecular weight excluding hydrogens is 469 g/mol. The molecule has 3 aromatic heterocycles. The van der Waals surface area contributed by atoms with Crippen molar-refractivity contribution in [3.05, 3.63) is 82.7 Å². The molecule has 0 amide bonds. The van der Waals surface area contributed by atoms with Crippen LogP contribution in [0.1, 0.15) is 37.2 Å². The van der Waals surface area contributed by atoms with Crippen LogP contribution in [0.3, 0.4) is 0 Å². The first-order chi connectivity index (χ1) is 17.7. The molecule has 0 spiro atoms. The maximum Gasteiger partial charge on any atom is 0.276 e. The Bertz CT molecular complexity index is 1530. The molecule has 192 valence electrons. The fraction of sp³-hybridized carbons (Fsp3) is 0.357. The first kappa shape index (κ1) is 24.8. The van der Waals surface area contributed by atoms with Crippen molar-refractivity contribution in [1.29, 1.82) is 0 Å². The molecule has 3 heterocycles. The summed E-state index contributed by atoms with van der Waals surface area (Å²) >= 11 is 0. The highest BCUT2D eigenvalue weighted by Crippen LogP contribution is 2.28. The number of pyridine rings is 1. The fourth-order valence-electron chi connectivity index (χ4n) is 4.90. The van der Waals surface area contributed by atoms with Gasteiger partial charge in [0.2, 0.25) is 0 Å². The number of benzene rings is 1. The van der Waals surface area contributed by atoms with Crippen molar-refractivity contribution in [3.63, 3.8) is 0 Å². The van der Waals surface area contributed by atoms with E-state index in [4.69, 9.17) is 0 Å². The number of likely N-dealkylation sites (N-methyl/N-ethyl adjacent to an activating group) is 1. The molecule has 1 aliphatic rings. The van der Waals surface area contributed by atoms with Crippen molar-refractivity contribution in [3.8, 4) is 5.82 Å². The molecule has 0 bridgehead atoms. The third-order valence-corrected chi connectivity index (χ3v) is 6.92. The van der Waals surface area contributed by atoms with E-state index in [2.05, 4.69) is 64.0 Å². The van der Waals surface area contributed by atoms with E-state index in [1.54, 1.807) is 23.0 Å². The van der Waals surface area contributed by atoms with E-state index in [9.17, 15) is 9.18 Å². The number of anilines is 2. The maximum atomic E-state index is 14.6. The Morgan fingerprint density at radius 2 is 2.03 bits per heavy atom. The molecule has 8 nitrogen and oxygen atoms in total. The SMILES string of the molecule is C=CCn1c(=O)c2cnc(Nc3ccc4c(c3)CCC(N(C)C)C4)cc2n1-c1ccnc(C(C)(C)F)n1. The smallest absolute Gasteiger partial charge is 0.276 e. The van der Waals surface area contributed by atoms with Gasteiger partial charge in [0, 0.05) is 36.3 Å². The summed E-state index contributed by atoms with van der Waals surface area (Å²) in [6, 6.07) is 10.5. The highest BCUT2D eigenvalue weighted by atomic mass is 19.1. The van der Waals surface area contributed by atoms with Crippen molar-refractivity contribution in [2.75, 3.05) is 19.4 Å². The van der Waals surface area contributed by atoms with Gasteiger partial charge in [-0.1, -0.05) is 12.1 Å². The van der Waals surface area contributed by atoms with E-state index in [1.807, 2.05) is 6.07 Å². The third-order valence-electron chi connectivity index (χ3n) is 6.92. The number of rotatable bonds is 7. The van der Waals surface area contributed by atoms with Crippen molar-refractivity contribution >= 4 is 22.4 Å². The van der Waals surface area contributed by atoms with Gasteiger partial charge in [-0.3, -0.25) is 4.79 Å². The van der Waals surface area contributed by atoms with Crippen LogP contribution in [0.25, 0.3) is 16.7 Å². The van der Waals surface area contributed by atoms with Crippen LogP contribution in [0.4, 0.5) is 15.9 Å². The minimum Gasteiger partial charge on any atom is -0.340 e. The first-order valence-electron chi connectivity index (χ1n) is 12.5. The van der Waals surface area contributed by atoms with Gasteiger partial charge in [-0.05, 0) is 70.5 Å². The molecule has 1 atom stereocenters. The van der Waals surface area contributed by atoms with Crippen molar-refractivity contribution in [2.24, 2.45) is 0 Å². The lowest BCUT2D eigenvalue weighted by molar-refractivity contribution is 0.206. The van der Waals surface area contributed by atoms with E-state index in [1.165, 1.54) is 35.9 Å². The maximum absolute atomic E-state index is 14.6. The molecule has 4 aromatic rings. The van der Waals surface area contributed by atoms with Gasteiger partial charge >= 0.3 is 0 Å². The largest absolute Gasteiger partial charge is 0.340 e. The van der Waals surface area contributed by atoms with E-state index in [-0.39, 0.29) is 17.9 Å². The monoisotopic (exact) mass is 501 g/mol. The van der Waals surface area contributed by atoms with Gasteiger partial charge in [-0.2, -0.15) is 0 Å². The Morgan fingerprint density at radius 3 is 2.76 bits per heavy atom. The Labute approximate surface area is 215 Å². The zero-order chi connectivity index (χ0) is 26.3. The highest BCUT2D eigenvalue weighted by Gasteiger charge is 2.25. The van der Waals surface area contributed by atoms with Gasteiger partial charge in [0.05, 0.1) is 17.4 Å². The zero-order valence-corrected chi connectivity index (χ0v) is 21.7. The van der Waals surface area contributed by atoms with Crippen molar-refractivity contribution < 1.29 is 4.39 Å². The number of fused-ring (bicyclic) bond motifs is 2. The average Bonchev–Trinajstić information content (AvgIpc) is 3.14. The van der Waals surface area contributed by atoms with E-state index in [0.717, 1.165) is 24.9 Å². The van der Waals surface area contributed by atoms with Crippen LogP contribution < -0.4 is 10.9 Å². The predicted octanol–water partition coefficient (Wildman–Crippen LogP) is 4.53. The number of hydrogen-bond donors (Lipinski definition) is 1. The normalized spacial score (nSPS) is 15.7. The lowest BCUT2D eigenvalue weighted by Crippen LogP contribution is -2.33. The Hall–Kier alpha value is -3.85. The van der Waals surface area contributed by atoms with Gasteiger partial charge in [0.1, 0.15) is 5.82 Å². The summed E-state index contributed by atoms with van der Waals surface area (Å²) in [4.78, 5) is 28.5. The minimum atomic E-state index is -1.73. The summed E-state index contributed by atoms with van der Waals surface area (Å²) in [5, 5.41) is 3.83. The average molecular weight is 502 g/mol. The molecule has 1 aromatic carbocycles. The lowest BCUT2D eigenvalue weighted by atomic mass is 9.87. The molecule has 1 aliphatic carbocycles. The second-order valence-corrected chi connectivity index (χ2v) is 10.3. The van der Waals surface area contributed by atoms with E-state index < -0.39 is 5.67 Å². The fourth-order valence-corrected chi connectivity index (χ4v) is 4.90. The number of allylic oxidation sites excluding steroid dienone is 1. The lowest BCUT2D eigenvalue weighted by Gasteiger charge is -2.30. The van der Waals surface area contributed by atoms with Crippen molar-refractivity contribution in [1.82, 2.24) is 29.2 Å². The minimum absolute atomic E-state index is 0.0439. The van der Waals surface area contributed by atoms with Gasteiger partial charge in [-0.15, -0.1) is 6.58 Å².